The van der Waals surface area contributed by atoms with Crippen LogP contribution in [0.2, 0.25) is 0 Å². The van der Waals surface area contributed by atoms with Crippen LogP contribution in [0.25, 0.3) is 0 Å². The summed E-state index contributed by atoms with van der Waals surface area (Å²) in [5.41, 5.74) is 0.240. The van der Waals surface area contributed by atoms with Gasteiger partial charge in [0.2, 0.25) is 0 Å². The minimum absolute atomic E-state index is 0. The van der Waals surface area contributed by atoms with Crippen molar-refractivity contribution < 1.29 is 5.11 Å². The van der Waals surface area contributed by atoms with E-state index in [1.165, 1.54) is 25.7 Å². The monoisotopic (exact) mass is 193 g/mol. The second-order valence-corrected chi connectivity index (χ2v) is 4.10. The lowest BCUT2D eigenvalue weighted by atomic mass is 9.87. The maximum atomic E-state index is 9.24. The van der Waals surface area contributed by atoms with Crippen molar-refractivity contribution >= 4 is 12.4 Å². The Hall–Kier alpha value is 0.210. The fourth-order valence-electron chi connectivity index (χ4n) is 2.16. The van der Waals surface area contributed by atoms with E-state index in [9.17, 15) is 5.11 Å². The van der Waals surface area contributed by atoms with Crippen LogP contribution in [0.4, 0.5) is 0 Å². The number of hydrogen-bond donors (Lipinski definition) is 1. The van der Waals surface area contributed by atoms with Gasteiger partial charge in [-0.1, -0.05) is 12.8 Å². The Labute approximate surface area is 81.4 Å². The van der Waals surface area contributed by atoms with Crippen molar-refractivity contribution in [3.8, 4) is 0 Å². The van der Waals surface area contributed by atoms with Crippen LogP contribution >= 0.6 is 12.4 Å². The molecule has 1 aliphatic carbocycles. The van der Waals surface area contributed by atoms with Crippen molar-refractivity contribution in [3.63, 3.8) is 0 Å². The fourth-order valence-corrected chi connectivity index (χ4v) is 2.16. The third-order valence-corrected chi connectivity index (χ3v) is 2.65. The van der Waals surface area contributed by atoms with Crippen LogP contribution in [-0.2, 0) is 0 Å². The van der Waals surface area contributed by atoms with Crippen LogP contribution in [0, 0.1) is 5.41 Å². The summed E-state index contributed by atoms with van der Waals surface area (Å²) in [6.45, 7) is 1.41. The molecule has 2 nitrogen and oxygen atoms in total. The molecule has 12 heavy (non-hydrogen) atoms. The second-order valence-electron chi connectivity index (χ2n) is 4.10. The third-order valence-electron chi connectivity index (χ3n) is 2.65. The standard InChI is InChI=1S/C9H19NO.ClH/c1-10(2)7-9(8-11)5-3-4-6-9;/h11H,3-8H2,1-2H3;1H. The Kier molecular flexibility index (Phi) is 5.14. The van der Waals surface area contributed by atoms with Gasteiger partial charge in [-0.05, 0) is 26.9 Å². The molecule has 0 aromatic rings. The molecule has 0 spiro atoms. The number of halogens is 1. The first-order valence-corrected chi connectivity index (χ1v) is 4.44. The van der Waals surface area contributed by atoms with Gasteiger partial charge in [0.1, 0.15) is 0 Å². The molecule has 0 amide bonds. The lowest BCUT2D eigenvalue weighted by Crippen LogP contribution is -2.34. The van der Waals surface area contributed by atoms with Crippen molar-refractivity contribution in [2.45, 2.75) is 25.7 Å². The largest absolute Gasteiger partial charge is 0.396 e. The smallest absolute Gasteiger partial charge is 0.0499 e. The summed E-state index contributed by atoms with van der Waals surface area (Å²) in [7, 11) is 4.16. The summed E-state index contributed by atoms with van der Waals surface area (Å²) in [4.78, 5) is 2.18. The second kappa shape index (κ2) is 5.05. The summed E-state index contributed by atoms with van der Waals surface area (Å²) in [5, 5.41) is 9.24. The quantitative estimate of drug-likeness (QED) is 0.735. The predicted molar refractivity (Wildman–Crippen MR) is 53.8 cm³/mol. The lowest BCUT2D eigenvalue weighted by molar-refractivity contribution is 0.0979. The zero-order chi connectivity index (χ0) is 8.32. The summed E-state index contributed by atoms with van der Waals surface area (Å²) < 4.78 is 0. The highest BCUT2D eigenvalue weighted by atomic mass is 35.5. The fraction of sp³-hybridized carbons (Fsp3) is 1.00. The molecule has 1 aliphatic rings. The molecule has 0 atom stereocenters. The van der Waals surface area contributed by atoms with Crippen LogP contribution < -0.4 is 0 Å². The summed E-state index contributed by atoms with van der Waals surface area (Å²) in [5.74, 6) is 0. The van der Waals surface area contributed by atoms with Crippen molar-refractivity contribution in [2.75, 3.05) is 27.2 Å². The zero-order valence-electron chi connectivity index (χ0n) is 8.05. The third kappa shape index (κ3) is 2.92. The van der Waals surface area contributed by atoms with Crippen LogP contribution in [0.5, 0.6) is 0 Å². The van der Waals surface area contributed by atoms with Gasteiger partial charge in [0, 0.05) is 18.6 Å². The van der Waals surface area contributed by atoms with E-state index in [1.54, 1.807) is 0 Å². The van der Waals surface area contributed by atoms with E-state index in [0.717, 1.165) is 6.54 Å². The molecule has 0 aromatic heterocycles. The lowest BCUT2D eigenvalue weighted by Gasteiger charge is -2.29. The maximum Gasteiger partial charge on any atom is 0.0499 e. The first kappa shape index (κ1) is 12.2. The van der Waals surface area contributed by atoms with Crippen LogP contribution in [-0.4, -0.2) is 37.3 Å². The molecular formula is C9H20ClNO. The molecule has 0 heterocycles. The van der Waals surface area contributed by atoms with E-state index in [1.807, 2.05) is 0 Å². The highest BCUT2D eigenvalue weighted by molar-refractivity contribution is 5.85. The van der Waals surface area contributed by atoms with E-state index in [0.29, 0.717) is 6.61 Å². The van der Waals surface area contributed by atoms with E-state index in [-0.39, 0.29) is 17.8 Å². The molecule has 1 fully saturated rings. The van der Waals surface area contributed by atoms with Gasteiger partial charge >= 0.3 is 0 Å². The molecule has 74 valence electrons. The van der Waals surface area contributed by atoms with Gasteiger partial charge in [-0.25, -0.2) is 0 Å². The number of aliphatic hydroxyl groups is 1. The first-order chi connectivity index (χ1) is 5.18. The highest BCUT2D eigenvalue weighted by Crippen LogP contribution is 2.37. The highest BCUT2D eigenvalue weighted by Gasteiger charge is 2.33. The Morgan fingerprint density at radius 3 is 2.08 bits per heavy atom. The average molecular weight is 194 g/mol. The molecule has 0 radical (unpaired) electrons. The molecular weight excluding hydrogens is 174 g/mol. The van der Waals surface area contributed by atoms with E-state index in [4.69, 9.17) is 0 Å². The minimum Gasteiger partial charge on any atom is -0.396 e. The summed E-state index contributed by atoms with van der Waals surface area (Å²) >= 11 is 0. The first-order valence-electron chi connectivity index (χ1n) is 4.44. The molecule has 0 unspecified atom stereocenters. The summed E-state index contributed by atoms with van der Waals surface area (Å²) in [6.07, 6.45) is 5.02. The number of rotatable bonds is 3. The number of nitrogens with zero attached hydrogens (tertiary/aromatic N) is 1. The summed E-state index contributed by atoms with van der Waals surface area (Å²) in [6, 6.07) is 0. The van der Waals surface area contributed by atoms with Crippen molar-refractivity contribution in [2.24, 2.45) is 5.41 Å². The Balaban J connectivity index is 0.00000121. The molecule has 0 aromatic carbocycles. The molecule has 0 bridgehead atoms. The van der Waals surface area contributed by atoms with Gasteiger partial charge in [-0.15, -0.1) is 12.4 Å². The van der Waals surface area contributed by atoms with E-state index >= 15 is 0 Å². The van der Waals surface area contributed by atoms with Crippen LogP contribution in [0.1, 0.15) is 25.7 Å². The Morgan fingerprint density at radius 1 is 1.25 bits per heavy atom. The Bertz CT molecular complexity index is 122. The van der Waals surface area contributed by atoms with Gasteiger partial charge in [-0.2, -0.15) is 0 Å². The van der Waals surface area contributed by atoms with Crippen LogP contribution in [0.3, 0.4) is 0 Å². The minimum atomic E-state index is 0. The van der Waals surface area contributed by atoms with Gasteiger partial charge in [-0.3, -0.25) is 0 Å². The van der Waals surface area contributed by atoms with Crippen molar-refractivity contribution in [1.29, 1.82) is 0 Å². The van der Waals surface area contributed by atoms with Crippen LogP contribution in [0.15, 0.2) is 0 Å². The van der Waals surface area contributed by atoms with E-state index in [2.05, 4.69) is 19.0 Å². The maximum absolute atomic E-state index is 9.24. The number of hydrogen-bond acceptors (Lipinski definition) is 2. The van der Waals surface area contributed by atoms with Gasteiger partial charge < -0.3 is 10.0 Å². The normalized spacial score (nSPS) is 21.0. The molecule has 1 saturated carbocycles. The topological polar surface area (TPSA) is 23.5 Å². The molecule has 3 heteroatoms. The van der Waals surface area contributed by atoms with Crippen molar-refractivity contribution in [3.05, 3.63) is 0 Å². The van der Waals surface area contributed by atoms with Gasteiger partial charge in [0.15, 0.2) is 0 Å². The number of aliphatic hydroxyl groups excluding tert-OH is 1. The molecule has 1 N–H and O–H groups in total. The van der Waals surface area contributed by atoms with E-state index < -0.39 is 0 Å². The zero-order valence-corrected chi connectivity index (χ0v) is 8.86. The predicted octanol–water partition coefficient (Wildman–Crippen LogP) is 1.52. The van der Waals surface area contributed by atoms with Gasteiger partial charge in [0.25, 0.3) is 0 Å². The molecule has 0 aliphatic heterocycles. The molecule has 0 saturated heterocycles. The Morgan fingerprint density at radius 2 is 1.75 bits per heavy atom. The average Bonchev–Trinajstić information content (AvgIpc) is 2.36. The van der Waals surface area contributed by atoms with Gasteiger partial charge in [0.05, 0.1) is 0 Å². The SMILES string of the molecule is CN(C)CC1(CO)CCCC1.Cl. The molecule has 1 rings (SSSR count). The van der Waals surface area contributed by atoms with Crippen molar-refractivity contribution in [1.82, 2.24) is 4.90 Å².